The Morgan fingerprint density at radius 2 is 2.00 bits per heavy atom. The lowest BCUT2D eigenvalue weighted by Gasteiger charge is -2.19. The van der Waals surface area contributed by atoms with E-state index in [0.29, 0.717) is 6.04 Å². The zero-order valence-corrected chi connectivity index (χ0v) is 8.06. The smallest absolute Gasteiger partial charge is 0.0249 e. The first-order valence-electron chi connectivity index (χ1n) is 4.79. The highest BCUT2D eigenvalue weighted by Crippen LogP contribution is 2.07. The Kier molecular flexibility index (Phi) is 7.59. The molecule has 0 amide bonds. The standard InChI is InChI=1S/C8H15N.C2H6/c1-2-5-8-6-3-4-7-9-8;1-2/h2,5,8-9H,3-4,6-7H2,1H3;1-2H3/b5-2+;. The van der Waals surface area contributed by atoms with Crippen molar-refractivity contribution in [3.05, 3.63) is 12.2 Å². The zero-order valence-electron chi connectivity index (χ0n) is 8.06. The highest BCUT2D eigenvalue weighted by atomic mass is 14.9. The van der Waals surface area contributed by atoms with Gasteiger partial charge in [0.05, 0.1) is 0 Å². The zero-order chi connectivity index (χ0) is 8.53. The van der Waals surface area contributed by atoms with Crippen molar-refractivity contribution in [1.82, 2.24) is 5.32 Å². The van der Waals surface area contributed by atoms with Gasteiger partial charge in [-0.2, -0.15) is 0 Å². The number of allylic oxidation sites excluding steroid dienone is 1. The van der Waals surface area contributed by atoms with Crippen LogP contribution in [0.5, 0.6) is 0 Å². The van der Waals surface area contributed by atoms with Crippen LogP contribution in [0.3, 0.4) is 0 Å². The molecule has 1 N–H and O–H groups in total. The fourth-order valence-corrected chi connectivity index (χ4v) is 1.28. The molecule has 0 aliphatic carbocycles. The number of nitrogens with one attached hydrogen (secondary N) is 1. The van der Waals surface area contributed by atoms with Crippen LogP contribution in [0, 0.1) is 0 Å². The molecule has 0 bridgehead atoms. The van der Waals surface area contributed by atoms with Crippen molar-refractivity contribution in [3.8, 4) is 0 Å². The van der Waals surface area contributed by atoms with Crippen LogP contribution < -0.4 is 5.32 Å². The van der Waals surface area contributed by atoms with E-state index in [-0.39, 0.29) is 0 Å². The molecule has 1 aliphatic heterocycles. The summed E-state index contributed by atoms with van der Waals surface area (Å²) in [5.74, 6) is 0. The van der Waals surface area contributed by atoms with Gasteiger partial charge in [0.2, 0.25) is 0 Å². The molecular formula is C10H21N. The summed E-state index contributed by atoms with van der Waals surface area (Å²) >= 11 is 0. The maximum atomic E-state index is 3.43. The van der Waals surface area contributed by atoms with E-state index in [2.05, 4.69) is 24.4 Å². The topological polar surface area (TPSA) is 12.0 Å². The lowest BCUT2D eigenvalue weighted by Crippen LogP contribution is -2.31. The predicted octanol–water partition coefficient (Wildman–Crippen LogP) is 2.73. The molecule has 1 saturated heterocycles. The van der Waals surface area contributed by atoms with Gasteiger partial charge < -0.3 is 5.32 Å². The van der Waals surface area contributed by atoms with Crippen molar-refractivity contribution in [1.29, 1.82) is 0 Å². The summed E-state index contributed by atoms with van der Waals surface area (Å²) in [6.07, 6.45) is 8.45. The first-order valence-corrected chi connectivity index (χ1v) is 4.79. The van der Waals surface area contributed by atoms with Crippen LogP contribution in [0.1, 0.15) is 40.0 Å². The molecular weight excluding hydrogens is 134 g/mol. The minimum absolute atomic E-state index is 0.670. The highest BCUT2D eigenvalue weighted by molar-refractivity contribution is 4.92. The molecule has 1 unspecified atom stereocenters. The molecule has 11 heavy (non-hydrogen) atoms. The second kappa shape index (κ2) is 7.80. The van der Waals surface area contributed by atoms with E-state index in [9.17, 15) is 0 Å². The van der Waals surface area contributed by atoms with Crippen LogP contribution in [0.25, 0.3) is 0 Å². The molecule has 66 valence electrons. The van der Waals surface area contributed by atoms with E-state index in [0.717, 1.165) is 0 Å². The summed E-state index contributed by atoms with van der Waals surface area (Å²) in [7, 11) is 0. The number of rotatable bonds is 1. The highest BCUT2D eigenvalue weighted by Gasteiger charge is 2.06. The summed E-state index contributed by atoms with van der Waals surface area (Å²) in [5.41, 5.74) is 0. The summed E-state index contributed by atoms with van der Waals surface area (Å²) < 4.78 is 0. The van der Waals surface area contributed by atoms with Gasteiger partial charge >= 0.3 is 0 Å². The van der Waals surface area contributed by atoms with Gasteiger partial charge in [0, 0.05) is 6.04 Å². The molecule has 1 rings (SSSR count). The quantitative estimate of drug-likeness (QED) is 0.574. The molecule has 0 spiro atoms. The van der Waals surface area contributed by atoms with Gasteiger partial charge in [-0.05, 0) is 26.3 Å². The third-order valence-corrected chi connectivity index (χ3v) is 1.77. The average Bonchev–Trinajstić information content (AvgIpc) is 2.11. The molecule has 0 saturated carbocycles. The van der Waals surface area contributed by atoms with E-state index in [1.54, 1.807) is 0 Å². The minimum Gasteiger partial charge on any atom is -0.311 e. The summed E-state index contributed by atoms with van der Waals surface area (Å²) in [5, 5.41) is 3.43. The van der Waals surface area contributed by atoms with Gasteiger partial charge in [0.15, 0.2) is 0 Å². The number of hydrogen-bond donors (Lipinski definition) is 1. The van der Waals surface area contributed by atoms with Crippen LogP contribution in [-0.2, 0) is 0 Å². The predicted molar refractivity (Wildman–Crippen MR) is 51.8 cm³/mol. The average molecular weight is 155 g/mol. The van der Waals surface area contributed by atoms with E-state index in [1.165, 1.54) is 25.8 Å². The molecule has 0 radical (unpaired) electrons. The molecule has 1 aliphatic rings. The Balaban J connectivity index is 0.000000461. The van der Waals surface area contributed by atoms with Crippen LogP contribution >= 0.6 is 0 Å². The van der Waals surface area contributed by atoms with Crippen LogP contribution in [0.4, 0.5) is 0 Å². The van der Waals surface area contributed by atoms with Gasteiger partial charge in [-0.25, -0.2) is 0 Å². The van der Waals surface area contributed by atoms with E-state index >= 15 is 0 Å². The van der Waals surface area contributed by atoms with E-state index in [4.69, 9.17) is 0 Å². The summed E-state index contributed by atoms with van der Waals surface area (Å²) in [6.45, 7) is 7.28. The molecule has 1 atom stereocenters. The van der Waals surface area contributed by atoms with Crippen molar-refractivity contribution in [2.24, 2.45) is 0 Å². The Bertz CT molecular complexity index is 91.0. The maximum absolute atomic E-state index is 3.43. The van der Waals surface area contributed by atoms with Crippen molar-refractivity contribution in [2.45, 2.75) is 46.1 Å². The normalized spacial score (nSPS) is 24.5. The summed E-state index contributed by atoms with van der Waals surface area (Å²) in [4.78, 5) is 0. The molecule has 1 heterocycles. The second-order valence-electron chi connectivity index (χ2n) is 2.58. The monoisotopic (exact) mass is 155 g/mol. The fraction of sp³-hybridized carbons (Fsp3) is 0.800. The van der Waals surface area contributed by atoms with Crippen LogP contribution in [0.2, 0.25) is 0 Å². The van der Waals surface area contributed by atoms with Gasteiger partial charge in [0.1, 0.15) is 0 Å². The lowest BCUT2D eigenvalue weighted by molar-refractivity contribution is 0.454. The fourth-order valence-electron chi connectivity index (χ4n) is 1.28. The third kappa shape index (κ3) is 5.02. The van der Waals surface area contributed by atoms with Crippen molar-refractivity contribution < 1.29 is 0 Å². The molecule has 1 nitrogen and oxygen atoms in total. The molecule has 0 aromatic rings. The minimum atomic E-state index is 0.670. The lowest BCUT2D eigenvalue weighted by atomic mass is 10.1. The van der Waals surface area contributed by atoms with Gasteiger partial charge in [-0.15, -0.1) is 0 Å². The van der Waals surface area contributed by atoms with Crippen LogP contribution in [-0.4, -0.2) is 12.6 Å². The van der Waals surface area contributed by atoms with Crippen molar-refractivity contribution in [3.63, 3.8) is 0 Å². The molecule has 0 aromatic carbocycles. The first kappa shape index (κ1) is 10.7. The van der Waals surface area contributed by atoms with E-state index < -0.39 is 0 Å². The van der Waals surface area contributed by atoms with Gasteiger partial charge in [-0.1, -0.05) is 32.4 Å². The second-order valence-corrected chi connectivity index (χ2v) is 2.58. The Morgan fingerprint density at radius 3 is 2.45 bits per heavy atom. The van der Waals surface area contributed by atoms with E-state index in [1.807, 2.05) is 13.8 Å². The maximum Gasteiger partial charge on any atom is 0.0249 e. The Hall–Kier alpha value is -0.300. The summed E-state index contributed by atoms with van der Waals surface area (Å²) in [6, 6.07) is 0.670. The third-order valence-electron chi connectivity index (χ3n) is 1.77. The van der Waals surface area contributed by atoms with Gasteiger partial charge in [0.25, 0.3) is 0 Å². The largest absolute Gasteiger partial charge is 0.311 e. The number of hydrogen-bond acceptors (Lipinski definition) is 1. The van der Waals surface area contributed by atoms with Crippen LogP contribution in [0.15, 0.2) is 12.2 Å². The van der Waals surface area contributed by atoms with Crippen molar-refractivity contribution in [2.75, 3.05) is 6.54 Å². The molecule has 1 heteroatoms. The van der Waals surface area contributed by atoms with Gasteiger partial charge in [-0.3, -0.25) is 0 Å². The molecule has 0 aromatic heterocycles. The Morgan fingerprint density at radius 1 is 1.27 bits per heavy atom. The number of piperidine rings is 1. The SMILES string of the molecule is C/C=C/C1CCCCN1.CC. The Labute approximate surface area is 70.9 Å². The first-order chi connectivity index (χ1) is 5.43. The van der Waals surface area contributed by atoms with Crippen molar-refractivity contribution >= 4 is 0 Å². The molecule has 1 fully saturated rings.